The highest BCUT2D eigenvalue weighted by Crippen LogP contribution is 2.42. The number of hydrogen-bond acceptors (Lipinski definition) is 3. The van der Waals surface area contributed by atoms with Crippen LogP contribution in [0.1, 0.15) is 26.3 Å². The summed E-state index contributed by atoms with van der Waals surface area (Å²) < 4.78 is 9.12. The zero-order chi connectivity index (χ0) is 27.0. The van der Waals surface area contributed by atoms with Gasteiger partial charge in [0.25, 0.3) is 0 Å². The first-order valence-electron chi connectivity index (χ1n) is 13.7. The highest BCUT2D eigenvalue weighted by Gasteiger charge is 2.26. The Morgan fingerprint density at radius 1 is 0.650 bits per heavy atom. The fourth-order valence-corrected chi connectivity index (χ4v) is 6.14. The molecule has 3 aromatic heterocycles. The van der Waals surface area contributed by atoms with Crippen LogP contribution in [0.2, 0.25) is 0 Å². The van der Waals surface area contributed by atoms with Gasteiger partial charge in [-0.3, -0.25) is 4.57 Å². The first-order valence-corrected chi connectivity index (χ1v) is 13.7. The number of pyridine rings is 1. The van der Waals surface area contributed by atoms with Crippen LogP contribution in [-0.2, 0) is 5.41 Å². The Labute approximate surface area is 231 Å². The zero-order valence-corrected chi connectivity index (χ0v) is 22.6. The monoisotopic (exact) mass is 517 g/mol. The normalized spacial score (nSPS) is 12.4. The highest BCUT2D eigenvalue weighted by atomic mass is 16.3. The molecule has 0 aliphatic heterocycles. The van der Waals surface area contributed by atoms with Gasteiger partial charge in [-0.05, 0) is 57.5 Å². The zero-order valence-electron chi connectivity index (χ0n) is 22.6. The summed E-state index contributed by atoms with van der Waals surface area (Å²) in [5.74, 6) is 0.823. The van der Waals surface area contributed by atoms with E-state index >= 15 is 0 Å². The van der Waals surface area contributed by atoms with Crippen molar-refractivity contribution >= 4 is 54.6 Å². The fourth-order valence-electron chi connectivity index (χ4n) is 6.14. The number of fused-ring (bicyclic) bond motifs is 8. The molecule has 40 heavy (non-hydrogen) atoms. The van der Waals surface area contributed by atoms with Crippen molar-refractivity contribution in [1.82, 2.24) is 14.5 Å². The quantitative estimate of drug-likeness (QED) is 0.214. The lowest BCUT2D eigenvalue weighted by molar-refractivity contribution is 0.593. The molecule has 0 N–H and O–H groups in total. The highest BCUT2D eigenvalue weighted by molar-refractivity contribution is 6.23. The summed E-state index contributed by atoms with van der Waals surface area (Å²) in [5, 5.41) is 6.90. The second-order valence-electron chi connectivity index (χ2n) is 11.5. The Balaban J connectivity index is 1.51. The Hall–Kier alpha value is -4.96. The molecule has 0 aliphatic carbocycles. The van der Waals surface area contributed by atoms with Crippen molar-refractivity contribution in [3.05, 3.63) is 115 Å². The number of furan rings is 1. The third-order valence-corrected chi connectivity index (χ3v) is 7.99. The van der Waals surface area contributed by atoms with Crippen LogP contribution in [-0.4, -0.2) is 14.5 Å². The molecular formula is C36H27N3O. The van der Waals surface area contributed by atoms with Gasteiger partial charge in [0.2, 0.25) is 0 Å². The number of para-hydroxylation sites is 2. The molecular weight excluding hydrogens is 490 g/mol. The van der Waals surface area contributed by atoms with E-state index in [4.69, 9.17) is 14.4 Å². The van der Waals surface area contributed by atoms with Crippen LogP contribution in [0.5, 0.6) is 0 Å². The van der Waals surface area contributed by atoms with Crippen molar-refractivity contribution in [2.75, 3.05) is 0 Å². The van der Waals surface area contributed by atoms with Crippen LogP contribution in [0.3, 0.4) is 0 Å². The molecule has 0 radical (unpaired) electrons. The summed E-state index contributed by atoms with van der Waals surface area (Å²) in [6, 6.07) is 36.2. The lowest BCUT2D eigenvalue weighted by Crippen LogP contribution is -2.13. The molecule has 0 unspecified atom stereocenters. The Morgan fingerprint density at radius 2 is 1.38 bits per heavy atom. The SMILES string of the molecule is CC(C)(C)c1ccnc2nc(-c3cccc4c3oc3c4ccc4ccc5ccccc5c43)n(-c3ccccc3)c12. The molecule has 3 heterocycles. The Bertz CT molecular complexity index is 2250. The van der Waals surface area contributed by atoms with Crippen LogP contribution in [0.15, 0.2) is 114 Å². The van der Waals surface area contributed by atoms with Gasteiger partial charge in [0, 0.05) is 28.0 Å². The molecule has 0 spiro atoms. The van der Waals surface area contributed by atoms with Crippen LogP contribution in [0.25, 0.3) is 71.7 Å². The summed E-state index contributed by atoms with van der Waals surface area (Å²) in [6.07, 6.45) is 1.87. The Kier molecular flexibility index (Phi) is 4.75. The molecule has 4 heteroatoms. The molecule has 0 bridgehead atoms. The van der Waals surface area contributed by atoms with E-state index in [1.165, 1.54) is 21.7 Å². The van der Waals surface area contributed by atoms with Crippen molar-refractivity contribution in [3.63, 3.8) is 0 Å². The van der Waals surface area contributed by atoms with E-state index in [2.05, 4.69) is 122 Å². The van der Waals surface area contributed by atoms with Crippen molar-refractivity contribution in [3.8, 4) is 17.1 Å². The molecule has 4 nitrogen and oxygen atoms in total. The van der Waals surface area contributed by atoms with Gasteiger partial charge < -0.3 is 4.42 Å². The maximum Gasteiger partial charge on any atom is 0.178 e. The number of hydrogen-bond donors (Lipinski definition) is 0. The number of aromatic nitrogens is 3. The topological polar surface area (TPSA) is 43.9 Å². The van der Waals surface area contributed by atoms with Crippen molar-refractivity contribution in [2.24, 2.45) is 0 Å². The minimum Gasteiger partial charge on any atom is -0.455 e. The van der Waals surface area contributed by atoms with E-state index in [1.807, 2.05) is 12.3 Å². The standard InChI is InChI=1S/C36H27N3O/c1-36(2,3)29-20-21-37-34-31(29)39(24-11-5-4-6-12-24)35(38-34)28-15-9-14-26-27-19-18-23-17-16-22-10-7-8-13-25(22)30(23)33(27)40-32(26)28/h4-21H,1-3H3. The average molecular weight is 518 g/mol. The number of benzene rings is 5. The molecule has 0 aliphatic rings. The second-order valence-corrected chi connectivity index (χ2v) is 11.5. The van der Waals surface area contributed by atoms with E-state index in [9.17, 15) is 0 Å². The van der Waals surface area contributed by atoms with Crippen LogP contribution in [0, 0.1) is 0 Å². The number of imidazole rings is 1. The predicted octanol–water partition coefficient (Wildman–Crippen LogP) is 9.59. The Morgan fingerprint density at radius 3 is 2.23 bits per heavy atom. The fraction of sp³-hybridized carbons (Fsp3) is 0.111. The van der Waals surface area contributed by atoms with E-state index in [0.29, 0.717) is 0 Å². The minimum absolute atomic E-state index is 0.0869. The summed E-state index contributed by atoms with van der Waals surface area (Å²) in [6.45, 7) is 6.71. The minimum atomic E-state index is -0.0869. The molecule has 0 fully saturated rings. The molecule has 0 saturated heterocycles. The lowest BCUT2D eigenvalue weighted by atomic mass is 9.87. The van der Waals surface area contributed by atoms with Crippen LogP contribution in [0.4, 0.5) is 0 Å². The second kappa shape index (κ2) is 8.27. The average Bonchev–Trinajstić information content (AvgIpc) is 3.55. The molecule has 0 saturated carbocycles. The largest absolute Gasteiger partial charge is 0.455 e. The first kappa shape index (κ1) is 23.0. The van der Waals surface area contributed by atoms with Gasteiger partial charge in [0.1, 0.15) is 11.2 Å². The summed E-state index contributed by atoms with van der Waals surface area (Å²) in [4.78, 5) is 9.88. The van der Waals surface area contributed by atoms with Gasteiger partial charge in [-0.2, -0.15) is 0 Å². The van der Waals surface area contributed by atoms with Crippen LogP contribution >= 0.6 is 0 Å². The first-order chi connectivity index (χ1) is 19.5. The molecule has 0 amide bonds. The molecule has 8 aromatic rings. The number of nitrogens with zero attached hydrogens (tertiary/aromatic N) is 3. The van der Waals surface area contributed by atoms with Gasteiger partial charge >= 0.3 is 0 Å². The number of rotatable bonds is 2. The maximum atomic E-state index is 6.87. The molecule has 5 aromatic carbocycles. The van der Waals surface area contributed by atoms with Gasteiger partial charge in [-0.25, -0.2) is 9.97 Å². The van der Waals surface area contributed by atoms with Gasteiger partial charge in [0.05, 0.1) is 11.1 Å². The third-order valence-electron chi connectivity index (χ3n) is 7.99. The summed E-state index contributed by atoms with van der Waals surface area (Å²) in [5.41, 5.74) is 6.62. The van der Waals surface area contributed by atoms with Gasteiger partial charge in [-0.15, -0.1) is 0 Å². The van der Waals surface area contributed by atoms with Gasteiger partial charge in [0.15, 0.2) is 11.5 Å². The van der Waals surface area contributed by atoms with Crippen molar-refractivity contribution in [2.45, 2.75) is 26.2 Å². The molecule has 8 rings (SSSR count). The predicted molar refractivity (Wildman–Crippen MR) is 165 cm³/mol. The van der Waals surface area contributed by atoms with E-state index in [0.717, 1.165) is 55.6 Å². The molecule has 0 atom stereocenters. The van der Waals surface area contributed by atoms with E-state index in [-0.39, 0.29) is 5.41 Å². The van der Waals surface area contributed by atoms with Gasteiger partial charge in [-0.1, -0.05) is 93.6 Å². The lowest BCUT2D eigenvalue weighted by Gasteiger charge is -2.21. The molecule has 192 valence electrons. The van der Waals surface area contributed by atoms with Crippen molar-refractivity contribution < 1.29 is 4.42 Å². The summed E-state index contributed by atoms with van der Waals surface area (Å²) in [7, 11) is 0. The maximum absolute atomic E-state index is 6.87. The van der Waals surface area contributed by atoms with Crippen molar-refractivity contribution in [1.29, 1.82) is 0 Å². The van der Waals surface area contributed by atoms with E-state index in [1.54, 1.807) is 0 Å². The van der Waals surface area contributed by atoms with Crippen LogP contribution < -0.4 is 0 Å². The smallest absolute Gasteiger partial charge is 0.178 e. The summed E-state index contributed by atoms with van der Waals surface area (Å²) >= 11 is 0. The van der Waals surface area contributed by atoms with E-state index < -0.39 is 0 Å². The third kappa shape index (κ3) is 3.26.